The first-order valence-electron chi connectivity index (χ1n) is 9.25. The van der Waals surface area contributed by atoms with Gasteiger partial charge < -0.3 is 10.2 Å². The Balaban J connectivity index is 1.69. The minimum atomic E-state index is -0.291. The predicted octanol–water partition coefficient (Wildman–Crippen LogP) is 2.93. The number of aliphatic hydroxyl groups is 2. The summed E-state index contributed by atoms with van der Waals surface area (Å²) in [5.41, 5.74) is -0.0796. The van der Waals surface area contributed by atoms with E-state index in [1.54, 1.807) is 0 Å². The van der Waals surface area contributed by atoms with Crippen LogP contribution in [0, 0.1) is 34.5 Å². The molecule has 0 unspecified atom stereocenters. The summed E-state index contributed by atoms with van der Waals surface area (Å²) in [4.78, 5) is 13.1. The molecule has 4 fully saturated rings. The van der Waals surface area contributed by atoms with Crippen LogP contribution in [0.1, 0.15) is 65.2 Å². The SMILES string of the molecule is C[C@]12CC[C@H](O)C[C@@H]1CC[C@H]1[C@@H]3CC[C@H](O)[C@@]3(C)CC(=O)[C@@H]12. The van der Waals surface area contributed by atoms with E-state index in [9.17, 15) is 15.0 Å². The van der Waals surface area contributed by atoms with Crippen molar-refractivity contribution in [3.05, 3.63) is 0 Å². The second kappa shape index (κ2) is 4.80. The van der Waals surface area contributed by atoms with E-state index >= 15 is 0 Å². The maximum Gasteiger partial charge on any atom is 0.137 e. The van der Waals surface area contributed by atoms with Gasteiger partial charge in [-0.25, -0.2) is 0 Å². The van der Waals surface area contributed by atoms with Gasteiger partial charge in [0, 0.05) is 17.8 Å². The van der Waals surface area contributed by atoms with Crippen molar-refractivity contribution >= 4 is 5.78 Å². The molecule has 0 aliphatic heterocycles. The lowest BCUT2D eigenvalue weighted by Gasteiger charge is -2.59. The van der Waals surface area contributed by atoms with Gasteiger partial charge in [0.2, 0.25) is 0 Å². The number of carbonyl (C=O) groups excluding carboxylic acids is 1. The summed E-state index contributed by atoms with van der Waals surface area (Å²) in [5.74, 6) is 2.10. The zero-order valence-electron chi connectivity index (χ0n) is 13.9. The van der Waals surface area contributed by atoms with Gasteiger partial charge in [0.25, 0.3) is 0 Å². The minimum absolute atomic E-state index is 0.0914. The van der Waals surface area contributed by atoms with Crippen LogP contribution in [0.4, 0.5) is 0 Å². The number of hydrogen-bond donors (Lipinski definition) is 2. The maximum atomic E-state index is 13.1. The normalized spacial score (nSPS) is 57.9. The highest BCUT2D eigenvalue weighted by Crippen LogP contribution is 2.65. The quantitative estimate of drug-likeness (QED) is 0.723. The number of ketones is 1. The Kier molecular flexibility index (Phi) is 3.30. The van der Waals surface area contributed by atoms with E-state index in [4.69, 9.17) is 0 Å². The number of fused-ring (bicyclic) bond motifs is 5. The van der Waals surface area contributed by atoms with E-state index in [-0.39, 0.29) is 29.0 Å². The van der Waals surface area contributed by atoms with Gasteiger partial charge in [-0.1, -0.05) is 13.8 Å². The van der Waals surface area contributed by atoms with Crippen molar-refractivity contribution < 1.29 is 15.0 Å². The average molecular weight is 306 g/mol. The van der Waals surface area contributed by atoms with Crippen LogP contribution in [0.2, 0.25) is 0 Å². The van der Waals surface area contributed by atoms with Crippen molar-refractivity contribution in [2.24, 2.45) is 34.5 Å². The van der Waals surface area contributed by atoms with Crippen molar-refractivity contribution in [3.63, 3.8) is 0 Å². The van der Waals surface area contributed by atoms with Gasteiger partial charge in [-0.3, -0.25) is 4.79 Å². The Morgan fingerprint density at radius 2 is 1.77 bits per heavy atom. The molecule has 4 saturated carbocycles. The van der Waals surface area contributed by atoms with Crippen LogP contribution < -0.4 is 0 Å². The second-order valence-corrected chi connectivity index (χ2v) is 9.20. The molecule has 0 spiro atoms. The third-order valence-electron chi connectivity index (χ3n) is 8.27. The zero-order valence-corrected chi connectivity index (χ0v) is 13.9. The summed E-state index contributed by atoms with van der Waals surface area (Å²) in [6.45, 7) is 4.48. The second-order valence-electron chi connectivity index (χ2n) is 9.20. The summed E-state index contributed by atoms with van der Waals surface area (Å²) in [7, 11) is 0. The standard InChI is InChI=1S/C19H30O3/c1-18-8-7-12(20)9-11(18)3-4-13-14-5-6-16(22)19(14,2)10-15(21)17(13)18/h11-14,16-17,20,22H,3-10H2,1-2H3/t11-,12-,13-,14-,16-,17+,18-,19-/m0/s1. The molecule has 0 radical (unpaired) electrons. The first-order valence-corrected chi connectivity index (χ1v) is 9.25. The molecular weight excluding hydrogens is 276 g/mol. The zero-order chi connectivity index (χ0) is 15.7. The van der Waals surface area contributed by atoms with Crippen LogP contribution in [-0.2, 0) is 4.79 Å². The van der Waals surface area contributed by atoms with Crippen molar-refractivity contribution in [3.8, 4) is 0 Å². The number of carbonyl (C=O) groups is 1. The first kappa shape index (κ1) is 15.1. The molecule has 3 heteroatoms. The van der Waals surface area contributed by atoms with E-state index in [0.717, 1.165) is 44.9 Å². The fraction of sp³-hybridized carbons (Fsp3) is 0.947. The average Bonchev–Trinajstić information content (AvgIpc) is 2.75. The van der Waals surface area contributed by atoms with Crippen LogP contribution in [0.5, 0.6) is 0 Å². The molecule has 0 saturated heterocycles. The van der Waals surface area contributed by atoms with Gasteiger partial charge in [0.05, 0.1) is 12.2 Å². The van der Waals surface area contributed by atoms with Crippen molar-refractivity contribution in [1.82, 2.24) is 0 Å². The van der Waals surface area contributed by atoms with E-state index in [2.05, 4.69) is 13.8 Å². The highest BCUT2D eigenvalue weighted by molar-refractivity contribution is 5.84. The van der Waals surface area contributed by atoms with Gasteiger partial charge in [-0.2, -0.15) is 0 Å². The molecule has 2 N–H and O–H groups in total. The summed E-state index contributed by atoms with van der Waals surface area (Å²) >= 11 is 0. The molecule has 8 atom stereocenters. The third kappa shape index (κ3) is 1.84. The molecule has 3 nitrogen and oxygen atoms in total. The fourth-order valence-corrected chi connectivity index (χ4v) is 7.03. The molecule has 0 bridgehead atoms. The number of hydrogen-bond acceptors (Lipinski definition) is 3. The molecule has 4 rings (SSSR count). The van der Waals surface area contributed by atoms with Gasteiger partial charge >= 0.3 is 0 Å². The van der Waals surface area contributed by atoms with Crippen LogP contribution >= 0.6 is 0 Å². The summed E-state index contributed by atoms with van der Waals surface area (Å²) in [5, 5.41) is 20.5. The first-order chi connectivity index (χ1) is 10.4. The number of aliphatic hydroxyl groups excluding tert-OH is 2. The van der Waals surface area contributed by atoms with E-state index in [1.807, 2.05) is 0 Å². The summed E-state index contributed by atoms with van der Waals surface area (Å²) in [6.07, 6.45) is 7.11. The molecule has 124 valence electrons. The monoisotopic (exact) mass is 306 g/mol. The lowest BCUT2D eigenvalue weighted by molar-refractivity contribution is -0.164. The Labute approximate surface area is 133 Å². The van der Waals surface area contributed by atoms with Crippen molar-refractivity contribution in [2.45, 2.75) is 77.4 Å². The topological polar surface area (TPSA) is 57.5 Å². The molecular formula is C19H30O3. The third-order valence-corrected chi connectivity index (χ3v) is 8.27. The smallest absolute Gasteiger partial charge is 0.137 e. The molecule has 0 aromatic heterocycles. The molecule has 0 heterocycles. The molecule has 22 heavy (non-hydrogen) atoms. The highest BCUT2D eigenvalue weighted by atomic mass is 16.3. The Bertz CT molecular complexity index is 489. The van der Waals surface area contributed by atoms with Gasteiger partial charge in [0.15, 0.2) is 0 Å². The fourth-order valence-electron chi connectivity index (χ4n) is 7.03. The Morgan fingerprint density at radius 3 is 2.55 bits per heavy atom. The van der Waals surface area contributed by atoms with E-state index in [1.165, 1.54) is 0 Å². The minimum Gasteiger partial charge on any atom is -0.393 e. The van der Waals surface area contributed by atoms with Gasteiger partial charge in [-0.05, 0) is 68.1 Å². The Hall–Kier alpha value is -0.410. The molecule has 0 aromatic carbocycles. The van der Waals surface area contributed by atoms with Crippen LogP contribution in [0.3, 0.4) is 0 Å². The van der Waals surface area contributed by atoms with E-state index in [0.29, 0.717) is 30.0 Å². The van der Waals surface area contributed by atoms with Crippen molar-refractivity contribution in [2.75, 3.05) is 0 Å². The van der Waals surface area contributed by atoms with Crippen molar-refractivity contribution in [1.29, 1.82) is 0 Å². The maximum absolute atomic E-state index is 13.1. The lowest BCUT2D eigenvalue weighted by atomic mass is 9.45. The van der Waals surface area contributed by atoms with E-state index < -0.39 is 0 Å². The Morgan fingerprint density at radius 1 is 1.00 bits per heavy atom. The predicted molar refractivity (Wildman–Crippen MR) is 84.1 cm³/mol. The summed E-state index contributed by atoms with van der Waals surface area (Å²) in [6, 6.07) is 0. The summed E-state index contributed by atoms with van der Waals surface area (Å²) < 4.78 is 0. The molecule has 4 aliphatic rings. The van der Waals surface area contributed by atoms with Crippen LogP contribution in [-0.4, -0.2) is 28.2 Å². The van der Waals surface area contributed by atoms with Crippen LogP contribution in [0.25, 0.3) is 0 Å². The number of Topliss-reactive ketones (excluding diaryl/α,β-unsaturated/α-hetero) is 1. The molecule has 0 aromatic rings. The highest BCUT2D eigenvalue weighted by Gasteiger charge is 2.63. The molecule has 4 aliphatic carbocycles. The largest absolute Gasteiger partial charge is 0.393 e. The number of rotatable bonds is 0. The van der Waals surface area contributed by atoms with Gasteiger partial charge in [0.1, 0.15) is 5.78 Å². The lowest BCUT2D eigenvalue weighted by Crippen LogP contribution is -2.58. The van der Waals surface area contributed by atoms with Gasteiger partial charge in [-0.15, -0.1) is 0 Å². The molecule has 0 amide bonds. The van der Waals surface area contributed by atoms with Crippen LogP contribution in [0.15, 0.2) is 0 Å².